The van der Waals surface area contributed by atoms with Gasteiger partial charge in [0.05, 0.1) is 11.6 Å². The van der Waals surface area contributed by atoms with E-state index < -0.39 is 5.76 Å². The number of carbonyl (C=O) groups is 2. The number of para-hydroxylation sites is 2. The molecule has 2 aliphatic rings. The first-order valence-electron chi connectivity index (χ1n) is 11.0. The van der Waals surface area contributed by atoms with E-state index in [2.05, 4.69) is 0 Å². The molecule has 2 aromatic carbocycles. The molecular weight excluding hydrogens is 410 g/mol. The van der Waals surface area contributed by atoms with E-state index in [9.17, 15) is 14.4 Å². The standard InChI is InChI=1S/C24H25N3O5/c28-22(12-15-26-19-8-4-5-9-21(19)32-23(26)29)25-13-10-18(11-14-25)27-20(16-31-24(27)30)17-6-2-1-3-7-17/h1-9,18,20H,10-16H2/t20-/m0/s1. The molecule has 2 amide bonds. The van der Waals surface area contributed by atoms with E-state index in [1.165, 1.54) is 4.57 Å². The van der Waals surface area contributed by atoms with E-state index in [1.807, 2.05) is 58.3 Å². The summed E-state index contributed by atoms with van der Waals surface area (Å²) in [6, 6.07) is 17.1. The number of cyclic esters (lactones) is 1. The van der Waals surface area contributed by atoms with Crippen LogP contribution in [0.4, 0.5) is 4.79 Å². The molecule has 1 aromatic heterocycles. The lowest BCUT2D eigenvalue weighted by atomic mass is 9.99. The predicted octanol–water partition coefficient (Wildman–Crippen LogP) is 3.17. The highest BCUT2D eigenvalue weighted by molar-refractivity contribution is 5.77. The van der Waals surface area contributed by atoms with E-state index in [0.717, 1.165) is 5.56 Å². The fourth-order valence-electron chi connectivity index (χ4n) is 4.75. The van der Waals surface area contributed by atoms with E-state index in [1.54, 1.807) is 6.07 Å². The number of likely N-dealkylation sites (tertiary alicyclic amines) is 1. The Morgan fingerprint density at radius 3 is 2.47 bits per heavy atom. The molecule has 2 fully saturated rings. The molecule has 8 nitrogen and oxygen atoms in total. The lowest BCUT2D eigenvalue weighted by Gasteiger charge is -2.38. The van der Waals surface area contributed by atoms with Crippen LogP contribution in [0.5, 0.6) is 0 Å². The Hall–Kier alpha value is -3.55. The number of aromatic nitrogens is 1. The highest BCUT2D eigenvalue weighted by Gasteiger charge is 2.40. The molecule has 3 aromatic rings. The number of nitrogens with zero attached hydrogens (tertiary/aromatic N) is 3. The Kier molecular flexibility index (Phi) is 5.43. The van der Waals surface area contributed by atoms with Gasteiger partial charge in [-0.05, 0) is 30.5 Å². The minimum atomic E-state index is -0.447. The number of ether oxygens (including phenoxy) is 1. The topological polar surface area (TPSA) is 85.0 Å². The molecule has 3 heterocycles. The number of hydrogen-bond donors (Lipinski definition) is 0. The number of fused-ring (bicyclic) bond motifs is 1. The van der Waals surface area contributed by atoms with Crippen molar-refractivity contribution in [2.45, 2.75) is 37.9 Å². The molecule has 2 aliphatic heterocycles. The average molecular weight is 435 g/mol. The van der Waals surface area contributed by atoms with Crippen LogP contribution in [0.1, 0.15) is 30.9 Å². The van der Waals surface area contributed by atoms with Crippen molar-refractivity contribution in [2.24, 2.45) is 0 Å². The van der Waals surface area contributed by atoms with Crippen molar-refractivity contribution >= 4 is 23.1 Å². The second-order valence-electron chi connectivity index (χ2n) is 8.26. The third kappa shape index (κ3) is 3.77. The van der Waals surface area contributed by atoms with E-state index in [4.69, 9.17) is 9.15 Å². The maximum atomic E-state index is 12.8. The number of benzene rings is 2. The lowest BCUT2D eigenvalue weighted by Crippen LogP contribution is -2.48. The van der Waals surface area contributed by atoms with Gasteiger partial charge in [-0.1, -0.05) is 42.5 Å². The Morgan fingerprint density at radius 2 is 1.69 bits per heavy atom. The first-order valence-corrected chi connectivity index (χ1v) is 11.0. The fraction of sp³-hybridized carbons (Fsp3) is 0.375. The minimum Gasteiger partial charge on any atom is -0.447 e. The summed E-state index contributed by atoms with van der Waals surface area (Å²) < 4.78 is 12.1. The predicted molar refractivity (Wildman–Crippen MR) is 117 cm³/mol. The number of amides is 2. The molecule has 0 saturated carbocycles. The molecule has 5 rings (SSSR count). The smallest absolute Gasteiger partial charge is 0.419 e. The van der Waals surface area contributed by atoms with Gasteiger partial charge >= 0.3 is 11.8 Å². The largest absolute Gasteiger partial charge is 0.447 e. The van der Waals surface area contributed by atoms with Crippen LogP contribution >= 0.6 is 0 Å². The summed E-state index contributed by atoms with van der Waals surface area (Å²) in [5.41, 5.74) is 2.29. The molecule has 1 atom stereocenters. The van der Waals surface area contributed by atoms with Gasteiger partial charge in [-0.25, -0.2) is 9.59 Å². The second kappa shape index (κ2) is 8.53. The van der Waals surface area contributed by atoms with Crippen LogP contribution in [0.2, 0.25) is 0 Å². The van der Waals surface area contributed by atoms with Crippen molar-refractivity contribution in [2.75, 3.05) is 19.7 Å². The van der Waals surface area contributed by atoms with E-state index in [0.29, 0.717) is 43.6 Å². The third-order valence-electron chi connectivity index (χ3n) is 6.43. The number of carbonyl (C=O) groups excluding carboxylic acids is 2. The first kappa shape index (κ1) is 20.4. The van der Waals surface area contributed by atoms with Crippen molar-refractivity contribution in [3.63, 3.8) is 0 Å². The zero-order valence-corrected chi connectivity index (χ0v) is 17.7. The van der Waals surface area contributed by atoms with Gasteiger partial charge in [0.2, 0.25) is 5.91 Å². The van der Waals surface area contributed by atoms with Crippen LogP contribution in [0.3, 0.4) is 0 Å². The molecule has 0 spiro atoms. The maximum Gasteiger partial charge on any atom is 0.419 e. The van der Waals surface area contributed by atoms with Crippen LogP contribution in [0.25, 0.3) is 11.1 Å². The molecule has 0 N–H and O–H groups in total. The molecule has 8 heteroatoms. The minimum absolute atomic E-state index is 0.00392. The van der Waals surface area contributed by atoms with Crippen LogP contribution < -0.4 is 5.76 Å². The van der Waals surface area contributed by atoms with Gasteiger partial charge < -0.3 is 14.1 Å². The molecular formula is C24H25N3O5. The van der Waals surface area contributed by atoms with Crippen LogP contribution in [-0.2, 0) is 16.1 Å². The van der Waals surface area contributed by atoms with Crippen molar-refractivity contribution in [1.29, 1.82) is 0 Å². The van der Waals surface area contributed by atoms with Gasteiger partial charge in [0, 0.05) is 32.1 Å². The highest BCUT2D eigenvalue weighted by atomic mass is 16.6. The molecule has 0 unspecified atom stereocenters. The van der Waals surface area contributed by atoms with Gasteiger partial charge in [-0.15, -0.1) is 0 Å². The maximum absolute atomic E-state index is 12.8. The Morgan fingerprint density at radius 1 is 0.969 bits per heavy atom. The molecule has 32 heavy (non-hydrogen) atoms. The van der Waals surface area contributed by atoms with Crippen molar-refractivity contribution in [3.05, 3.63) is 70.7 Å². The van der Waals surface area contributed by atoms with Crippen molar-refractivity contribution in [3.8, 4) is 0 Å². The first-order chi connectivity index (χ1) is 15.6. The van der Waals surface area contributed by atoms with Crippen LogP contribution in [0.15, 0.2) is 63.8 Å². The summed E-state index contributed by atoms with van der Waals surface area (Å²) in [4.78, 5) is 41.0. The van der Waals surface area contributed by atoms with E-state index in [-0.39, 0.29) is 37.0 Å². The Balaban J connectivity index is 1.20. The summed E-state index contributed by atoms with van der Waals surface area (Å²) in [7, 11) is 0. The quantitative estimate of drug-likeness (QED) is 0.615. The van der Waals surface area contributed by atoms with Gasteiger partial charge in [0.25, 0.3) is 0 Å². The number of oxazole rings is 1. The molecule has 0 bridgehead atoms. The van der Waals surface area contributed by atoms with Crippen molar-refractivity contribution in [1.82, 2.24) is 14.4 Å². The summed E-state index contributed by atoms with van der Waals surface area (Å²) in [5, 5.41) is 0. The molecule has 0 radical (unpaired) electrons. The molecule has 0 aliphatic carbocycles. The van der Waals surface area contributed by atoms with Gasteiger partial charge in [-0.3, -0.25) is 14.3 Å². The number of rotatable bonds is 5. The third-order valence-corrected chi connectivity index (χ3v) is 6.43. The van der Waals surface area contributed by atoms with Crippen molar-refractivity contribution < 1.29 is 18.7 Å². The number of piperidine rings is 1. The summed E-state index contributed by atoms with van der Waals surface area (Å²) in [5.74, 6) is -0.443. The lowest BCUT2D eigenvalue weighted by molar-refractivity contribution is -0.132. The number of aryl methyl sites for hydroxylation is 1. The monoisotopic (exact) mass is 435 g/mol. The summed E-state index contributed by atoms with van der Waals surface area (Å²) in [6.07, 6.45) is 1.36. The zero-order chi connectivity index (χ0) is 22.1. The second-order valence-corrected chi connectivity index (χ2v) is 8.26. The fourth-order valence-corrected chi connectivity index (χ4v) is 4.75. The zero-order valence-electron chi connectivity index (χ0n) is 17.7. The Labute approximate surface area is 185 Å². The van der Waals surface area contributed by atoms with Crippen LogP contribution in [0, 0.1) is 0 Å². The van der Waals surface area contributed by atoms with Crippen LogP contribution in [-0.4, -0.2) is 52.1 Å². The van der Waals surface area contributed by atoms with Gasteiger partial charge in [-0.2, -0.15) is 0 Å². The Bertz CT molecular complexity index is 1180. The molecule has 166 valence electrons. The van der Waals surface area contributed by atoms with Gasteiger partial charge in [0.1, 0.15) is 6.61 Å². The summed E-state index contributed by atoms with van der Waals surface area (Å²) in [6.45, 7) is 1.80. The summed E-state index contributed by atoms with van der Waals surface area (Å²) >= 11 is 0. The van der Waals surface area contributed by atoms with E-state index >= 15 is 0 Å². The molecule has 2 saturated heterocycles. The SMILES string of the molecule is O=C(CCn1c(=O)oc2ccccc21)N1CCC(N2C(=O)OC[C@H]2c2ccccc2)CC1. The average Bonchev–Trinajstić information content (AvgIpc) is 3.37. The number of hydrogen-bond acceptors (Lipinski definition) is 5. The van der Waals surface area contributed by atoms with Gasteiger partial charge in [0.15, 0.2) is 5.58 Å². The highest BCUT2D eigenvalue weighted by Crippen LogP contribution is 2.33. The normalized spacial score (nSPS) is 19.5.